The van der Waals surface area contributed by atoms with Gasteiger partial charge in [-0.15, -0.1) is 0 Å². The number of nitrogens with one attached hydrogen (secondary N) is 1. The number of carbonyl (C=O) groups is 1. The molecule has 0 amide bonds. The Hall–Kier alpha value is -2.38. The molecule has 0 aromatic heterocycles. The van der Waals surface area contributed by atoms with Crippen LogP contribution in [0.1, 0.15) is 24.1 Å². The van der Waals surface area contributed by atoms with Crippen LogP contribution in [0.4, 0.5) is 5.69 Å². The number of anilines is 1. The van der Waals surface area contributed by atoms with Crippen molar-refractivity contribution in [3.05, 3.63) is 59.7 Å². The van der Waals surface area contributed by atoms with Crippen LogP contribution in [0.3, 0.4) is 0 Å². The van der Waals surface area contributed by atoms with Gasteiger partial charge in [-0.3, -0.25) is 0 Å². The number of hydrogen-bond donors (Lipinski definition) is 1. The van der Waals surface area contributed by atoms with Crippen LogP contribution in [-0.2, 0) is 19.6 Å². The SMILES string of the molecule is CCOC(=O)[C@@H](NS(=O)(=O)c1ccc(C)cc1)c1ccc(N(C)C)cc1. The van der Waals surface area contributed by atoms with Crippen LogP contribution in [0.5, 0.6) is 0 Å². The van der Waals surface area contributed by atoms with E-state index in [0.29, 0.717) is 5.56 Å². The molecule has 0 bridgehead atoms. The van der Waals surface area contributed by atoms with E-state index in [0.717, 1.165) is 11.3 Å². The summed E-state index contributed by atoms with van der Waals surface area (Å²) < 4.78 is 32.9. The number of carbonyl (C=O) groups excluding carboxylic acids is 1. The van der Waals surface area contributed by atoms with Crippen molar-refractivity contribution in [2.75, 3.05) is 25.6 Å². The Labute approximate surface area is 154 Å². The van der Waals surface area contributed by atoms with Crippen LogP contribution in [0.15, 0.2) is 53.4 Å². The van der Waals surface area contributed by atoms with E-state index in [1.165, 1.54) is 12.1 Å². The zero-order valence-electron chi connectivity index (χ0n) is 15.4. The van der Waals surface area contributed by atoms with Crippen LogP contribution < -0.4 is 9.62 Å². The quantitative estimate of drug-likeness (QED) is 0.752. The Balaban J connectivity index is 2.35. The maximum Gasteiger partial charge on any atom is 0.328 e. The molecule has 0 saturated carbocycles. The highest BCUT2D eigenvalue weighted by Crippen LogP contribution is 2.22. The van der Waals surface area contributed by atoms with Gasteiger partial charge in [-0.1, -0.05) is 29.8 Å². The van der Waals surface area contributed by atoms with Gasteiger partial charge >= 0.3 is 5.97 Å². The number of aryl methyl sites for hydroxylation is 1. The third-order valence-electron chi connectivity index (χ3n) is 3.87. The Morgan fingerprint density at radius 1 is 1.08 bits per heavy atom. The normalized spacial score (nSPS) is 12.5. The Bertz CT molecular complexity index is 844. The fourth-order valence-electron chi connectivity index (χ4n) is 2.38. The first-order valence-electron chi connectivity index (χ1n) is 8.27. The molecular formula is C19H24N2O4S. The summed E-state index contributed by atoms with van der Waals surface area (Å²) >= 11 is 0. The van der Waals surface area contributed by atoms with E-state index in [9.17, 15) is 13.2 Å². The molecule has 0 aliphatic heterocycles. The highest BCUT2D eigenvalue weighted by atomic mass is 32.2. The molecule has 26 heavy (non-hydrogen) atoms. The molecule has 0 aliphatic carbocycles. The van der Waals surface area contributed by atoms with Gasteiger partial charge in [-0.25, -0.2) is 13.2 Å². The van der Waals surface area contributed by atoms with Crippen LogP contribution in [-0.4, -0.2) is 35.1 Å². The summed E-state index contributed by atoms with van der Waals surface area (Å²) in [6.07, 6.45) is 0. The second kappa shape index (κ2) is 8.33. The van der Waals surface area contributed by atoms with E-state index in [2.05, 4.69) is 4.72 Å². The van der Waals surface area contributed by atoms with Crippen molar-refractivity contribution in [2.45, 2.75) is 24.8 Å². The van der Waals surface area contributed by atoms with E-state index < -0.39 is 22.0 Å². The van der Waals surface area contributed by atoms with Gasteiger partial charge < -0.3 is 9.64 Å². The molecule has 7 heteroatoms. The Morgan fingerprint density at radius 2 is 1.65 bits per heavy atom. The lowest BCUT2D eigenvalue weighted by Gasteiger charge is -2.19. The summed E-state index contributed by atoms with van der Waals surface area (Å²) in [7, 11) is -0.0740. The molecule has 0 heterocycles. The molecule has 0 saturated heterocycles. The monoisotopic (exact) mass is 376 g/mol. The average molecular weight is 376 g/mol. The van der Waals surface area contributed by atoms with Gasteiger partial charge in [0.25, 0.3) is 0 Å². The number of rotatable bonds is 7. The van der Waals surface area contributed by atoms with Gasteiger partial charge in [0.15, 0.2) is 0 Å². The minimum Gasteiger partial charge on any atom is -0.465 e. The average Bonchev–Trinajstić information content (AvgIpc) is 2.60. The minimum absolute atomic E-state index is 0.0994. The predicted molar refractivity (Wildman–Crippen MR) is 102 cm³/mol. The maximum absolute atomic E-state index is 12.7. The molecule has 2 aromatic carbocycles. The van der Waals surface area contributed by atoms with Crippen LogP contribution in [0, 0.1) is 6.92 Å². The third-order valence-corrected chi connectivity index (χ3v) is 5.31. The molecule has 140 valence electrons. The number of ether oxygens (including phenoxy) is 1. The minimum atomic E-state index is -3.88. The van der Waals surface area contributed by atoms with Crippen molar-refractivity contribution in [1.82, 2.24) is 4.72 Å². The highest BCUT2D eigenvalue weighted by Gasteiger charge is 2.28. The fourth-order valence-corrected chi connectivity index (χ4v) is 3.56. The van der Waals surface area contributed by atoms with Crippen molar-refractivity contribution in [3.63, 3.8) is 0 Å². The number of esters is 1. The molecule has 1 N–H and O–H groups in total. The fraction of sp³-hybridized carbons (Fsp3) is 0.316. The molecule has 0 spiro atoms. The predicted octanol–water partition coefficient (Wildman–Crippen LogP) is 2.64. The lowest BCUT2D eigenvalue weighted by atomic mass is 10.1. The van der Waals surface area contributed by atoms with Crippen LogP contribution in [0.2, 0.25) is 0 Å². The second-order valence-electron chi connectivity index (χ2n) is 6.11. The van der Waals surface area contributed by atoms with Gasteiger partial charge in [-0.2, -0.15) is 4.72 Å². The van der Waals surface area contributed by atoms with E-state index in [1.54, 1.807) is 31.2 Å². The summed E-state index contributed by atoms with van der Waals surface area (Å²) in [5, 5.41) is 0. The summed E-state index contributed by atoms with van der Waals surface area (Å²) in [6.45, 7) is 3.72. The number of nitrogens with zero attached hydrogens (tertiary/aromatic N) is 1. The van der Waals surface area contributed by atoms with E-state index >= 15 is 0 Å². The molecular weight excluding hydrogens is 352 g/mol. The van der Waals surface area contributed by atoms with Crippen molar-refractivity contribution in [3.8, 4) is 0 Å². The second-order valence-corrected chi connectivity index (χ2v) is 7.82. The van der Waals surface area contributed by atoms with Crippen molar-refractivity contribution >= 4 is 21.7 Å². The smallest absolute Gasteiger partial charge is 0.328 e. The van der Waals surface area contributed by atoms with Gasteiger partial charge in [0.1, 0.15) is 6.04 Å². The van der Waals surface area contributed by atoms with Gasteiger partial charge in [0.05, 0.1) is 11.5 Å². The highest BCUT2D eigenvalue weighted by molar-refractivity contribution is 7.89. The molecule has 0 unspecified atom stereocenters. The topological polar surface area (TPSA) is 75.7 Å². The van der Waals surface area contributed by atoms with E-state index in [1.807, 2.05) is 38.1 Å². The lowest BCUT2D eigenvalue weighted by molar-refractivity contribution is -0.145. The first kappa shape index (κ1) is 19.9. The lowest BCUT2D eigenvalue weighted by Crippen LogP contribution is -2.35. The molecule has 2 rings (SSSR count). The first-order valence-corrected chi connectivity index (χ1v) is 9.76. The maximum atomic E-state index is 12.7. The molecule has 0 fully saturated rings. The summed E-state index contributed by atoms with van der Waals surface area (Å²) in [4.78, 5) is 14.4. The van der Waals surface area contributed by atoms with Crippen molar-refractivity contribution < 1.29 is 17.9 Å². The molecule has 6 nitrogen and oxygen atoms in total. The summed E-state index contributed by atoms with van der Waals surface area (Å²) in [5.41, 5.74) is 2.41. The van der Waals surface area contributed by atoms with E-state index in [-0.39, 0.29) is 11.5 Å². The first-order chi connectivity index (χ1) is 12.2. The van der Waals surface area contributed by atoms with Gasteiger partial charge in [0.2, 0.25) is 10.0 Å². The summed E-state index contributed by atoms with van der Waals surface area (Å²) in [5.74, 6) is -0.638. The number of sulfonamides is 1. The molecule has 0 aliphatic rings. The van der Waals surface area contributed by atoms with Gasteiger partial charge in [0, 0.05) is 19.8 Å². The van der Waals surface area contributed by atoms with Gasteiger partial charge in [-0.05, 0) is 43.7 Å². The van der Waals surface area contributed by atoms with Crippen molar-refractivity contribution in [1.29, 1.82) is 0 Å². The third kappa shape index (κ3) is 4.83. The van der Waals surface area contributed by atoms with Crippen LogP contribution in [0.25, 0.3) is 0 Å². The molecule has 0 radical (unpaired) electrons. The zero-order chi connectivity index (χ0) is 19.3. The Kier molecular flexibility index (Phi) is 6.39. The molecule has 1 atom stereocenters. The summed E-state index contributed by atoms with van der Waals surface area (Å²) in [6, 6.07) is 12.4. The van der Waals surface area contributed by atoms with E-state index in [4.69, 9.17) is 4.74 Å². The molecule has 2 aromatic rings. The number of hydrogen-bond acceptors (Lipinski definition) is 5. The Morgan fingerprint density at radius 3 is 2.15 bits per heavy atom. The largest absolute Gasteiger partial charge is 0.465 e. The number of benzene rings is 2. The standard InChI is InChI=1S/C19H24N2O4S/c1-5-25-19(22)18(15-8-10-16(11-9-15)21(3)4)20-26(23,24)17-12-6-14(2)7-13-17/h6-13,18,20H,5H2,1-4H3/t18-/m0/s1. The zero-order valence-corrected chi connectivity index (χ0v) is 16.2. The van der Waals surface area contributed by atoms with Crippen LogP contribution >= 0.6 is 0 Å². The van der Waals surface area contributed by atoms with Crippen molar-refractivity contribution in [2.24, 2.45) is 0 Å².